The molecule has 124 valence electrons. The number of nitrogens with one attached hydrogen (secondary N) is 1. The van der Waals surface area contributed by atoms with Gasteiger partial charge in [-0.1, -0.05) is 52.0 Å². The number of hydrogen-bond donors (Lipinski definition) is 1. The van der Waals surface area contributed by atoms with Gasteiger partial charge in [0.2, 0.25) is 5.91 Å². The second-order valence-electron chi connectivity index (χ2n) is 5.53. The highest BCUT2D eigenvalue weighted by atomic mass is 16.2. The number of benzene rings is 1. The van der Waals surface area contributed by atoms with Gasteiger partial charge in [-0.3, -0.25) is 4.79 Å². The van der Waals surface area contributed by atoms with E-state index in [4.69, 9.17) is 0 Å². The van der Waals surface area contributed by atoms with Crippen molar-refractivity contribution < 1.29 is 4.79 Å². The number of amides is 1. The average Bonchev–Trinajstić information content (AvgIpc) is 2.61. The maximum Gasteiger partial charge on any atom is 0.222 e. The smallest absolute Gasteiger partial charge is 0.222 e. The van der Waals surface area contributed by atoms with E-state index in [9.17, 15) is 4.79 Å². The molecule has 0 atom stereocenters. The Labute approximate surface area is 136 Å². The number of nitrogens with zero attached hydrogens (tertiary/aromatic N) is 1. The van der Waals surface area contributed by atoms with Gasteiger partial charge in [0.05, 0.1) is 0 Å². The van der Waals surface area contributed by atoms with E-state index < -0.39 is 0 Å². The van der Waals surface area contributed by atoms with Gasteiger partial charge in [-0.25, -0.2) is 0 Å². The lowest BCUT2D eigenvalue weighted by atomic mass is 9.88. The van der Waals surface area contributed by atoms with Gasteiger partial charge in [-0.2, -0.15) is 0 Å². The van der Waals surface area contributed by atoms with Crippen LogP contribution in [0.15, 0.2) is 24.3 Å². The molecule has 0 bridgehead atoms. The van der Waals surface area contributed by atoms with E-state index in [1.54, 1.807) is 0 Å². The molecule has 22 heavy (non-hydrogen) atoms. The molecule has 1 aliphatic rings. The average molecular weight is 304 g/mol. The second kappa shape index (κ2) is 10.4. The molecule has 0 aromatic heterocycles. The molecule has 3 heteroatoms. The first-order valence-electron chi connectivity index (χ1n) is 8.82. The molecule has 1 N–H and O–H groups in total. The van der Waals surface area contributed by atoms with Crippen LogP contribution >= 0.6 is 0 Å². The summed E-state index contributed by atoms with van der Waals surface area (Å²) in [5.41, 5.74) is 2.79. The molecule has 2 rings (SSSR count). The Morgan fingerprint density at radius 3 is 2.50 bits per heavy atom. The van der Waals surface area contributed by atoms with Gasteiger partial charge < -0.3 is 10.2 Å². The molecule has 1 fully saturated rings. The number of rotatable bonds is 5. The Morgan fingerprint density at radius 2 is 1.91 bits per heavy atom. The summed E-state index contributed by atoms with van der Waals surface area (Å²) in [5.74, 6) is 0.904. The van der Waals surface area contributed by atoms with E-state index in [0.717, 1.165) is 39.0 Å². The summed E-state index contributed by atoms with van der Waals surface area (Å²) in [6, 6.07) is 8.90. The fraction of sp³-hybridized carbons (Fsp3) is 0.632. The number of carbonyl (C=O) groups excluding carboxylic acids is 1. The standard InChI is InChI=1S/C17H26N2O.C2H6/c1-3-17(20)19-10-8-15(9-11-19)16-7-5-6-14(12-16)13-18-4-2;1-2/h5-7,12,15,18H,3-4,8-11,13H2,1-2H3;1-2H3. The minimum atomic E-state index is 0.296. The van der Waals surface area contributed by atoms with Gasteiger partial charge in [0.1, 0.15) is 0 Å². The first-order valence-corrected chi connectivity index (χ1v) is 8.82. The third-order valence-electron chi connectivity index (χ3n) is 4.15. The summed E-state index contributed by atoms with van der Waals surface area (Å²) in [7, 11) is 0. The van der Waals surface area contributed by atoms with E-state index in [0.29, 0.717) is 18.2 Å². The number of carbonyl (C=O) groups is 1. The zero-order valence-corrected chi connectivity index (χ0v) is 14.7. The molecule has 0 saturated carbocycles. The molecule has 0 unspecified atom stereocenters. The summed E-state index contributed by atoms with van der Waals surface area (Å²) < 4.78 is 0. The molecule has 1 aromatic rings. The largest absolute Gasteiger partial charge is 0.343 e. The molecule has 1 heterocycles. The highest BCUT2D eigenvalue weighted by Crippen LogP contribution is 2.28. The number of hydrogen-bond acceptors (Lipinski definition) is 2. The second-order valence-corrected chi connectivity index (χ2v) is 5.53. The van der Waals surface area contributed by atoms with Crippen molar-refractivity contribution in [1.29, 1.82) is 0 Å². The summed E-state index contributed by atoms with van der Waals surface area (Å²) in [6.07, 6.45) is 2.82. The predicted molar refractivity (Wildman–Crippen MR) is 94.0 cm³/mol. The molecular weight excluding hydrogens is 272 g/mol. The van der Waals surface area contributed by atoms with E-state index in [1.165, 1.54) is 11.1 Å². The topological polar surface area (TPSA) is 32.3 Å². The summed E-state index contributed by atoms with van der Waals surface area (Å²) >= 11 is 0. The molecule has 1 saturated heterocycles. The third kappa shape index (κ3) is 5.45. The Hall–Kier alpha value is -1.35. The van der Waals surface area contributed by atoms with E-state index in [2.05, 4.69) is 36.5 Å². The van der Waals surface area contributed by atoms with Crippen LogP contribution in [-0.2, 0) is 11.3 Å². The quantitative estimate of drug-likeness (QED) is 0.893. The van der Waals surface area contributed by atoms with Gasteiger partial charge in [-0.15, -0.1) is 0 Å². The van der Waals surface area contributed by atoms with Crippen molar-refractivity contribution in [2.24, 2.45) is 0 Å². The molecule has 1 aromatic carbocycles. The summed E-state index contributed by atoms with van der Waals surface area (Å²) in [6.45, 7) is 11.8. The zero-order valence-electron chi connectivity index (χ0n) is 14.7. The highest BCUT2D eigenvalue weighted by molar-refractivity contribution is 5.75. The van der Waals surface area contributed by atoms with Crippen LogP contribution in [0, 0.1) is 0 Å². The van der Waals surface area contributed by atoms with Crippen LogP contribution < -0.4 is 5.32 Å². The van der Waals surface area contributed by atoms with Gasteiger partial charge in [0, 0.05) is 26.1 Å². The molecule has 0 radical (unpaired) electrons. The van der Waals surface area contributed by atoms with Crippen LogP contribution in [0.2, 0.25) is 0 Å². The Kier molecular flexibility index (Phi) is 8.83. The molecular formula is C19H32N2O. The number of likely N-dealkylation sites (tertiary alicyclic amines) is 1. The molecule has 1 aliphatic heterocycles. The SMILES string of the molecule is CC.CCNCc1cccc(C2CCN(C(=O)CC)CC2)c1. The normalized spacial score (nSPS) is 15.2. The van der Waals surface area contributed by atoms with Gasteiger partial charge >= 0.3 is 0 Å². The summed E-state index contributed by atoms with van der Waals surface area (Å²) in [5, 5.41) is 3.37. The van der Waals surface area contributed by atoms with Crippen molar-refractivity contribution in [2.75, 3.05) is 19.6 Å². The van der Waals surface area contributed by atoms with E-state index in [1.807, 2.05) is 25.7 Å². The van der Waals surface area contributed by atoms with Gasteiger partial charge in [0.25, 0.3) is 0 Å². The van der Waals surface area contributed by atoms with Crippen molar-refractivity contribution in [3.63, 3.8) is 0 Å². The van der Waals surface area contributed by atoms with Crippen molar-refractivity contribution >= 4 is 5.91 Å². The zero-order chi connectivity index (χ0) is 16.4. The van der Waals surface area contributed by atoms with Crippen molar-refractivity contribution in [1.82, 2.24) is 10.2 Å². The molecule has 0 spiro atoms. The van der Waals surface area contributed by atoms with Crippen molar-refractivity contribution in [3.05, 3.63) is 35.4 Å². The van der Waals surface area contributed by atoms with Crippen LogP contribution in [-0.4, -0.2) is 30.4 Å². The Bertz CT molecular complexity index is 437. The van der Waals surface area contributed by atoms with E-state index >= 15 is 0 Å². The summed E-state index contributed by atoms with van der Waals surface area (Å²) in [4.78, 5) is 13.7. The minimum absolute atomic E-state index is 0.296. The fourth-order valence-electron chi connectivity index (χ4n) is 2.91. The maximum atomic E-state index is 11.7. The van der Waals surface area contributed by atoms with Crippen LogP contribution in [0.25, 0.3) is 0 Å². The minimum Gasteiger partial charge on any atom is -0.343 e. The van der Waals surface area contributed by atoms with Crippen molar-refractivity contribution in [2.45, 2.75) is 59.4 Å². The number of piperidine rings is 1. The lowest BCUT2D eigenvalue weighted by molar-refractivity contribution is -0.131. The highest BCUT2D eigenvalue weighted by Gasteiger charge is 2.22. The molecule has 1 amide bonds. The molecule has 0 aliphatic carbocycles. The lowest BCUT2D eigenvalue weighted by Gasteiger charge is -2.32. The van der Waals surface area contributed by atoms with Crippen LogP contribution in [0.3, 0.4) is 0 Å². The van der Waals surface area contributed by atoms with Crippen LogP contribution in [0.5, 0.6) is 0 Å². The maximum absolute atomic E-state index is 11.7. The monoisotopic (exact) mass is 304 g/mol. The van der Waals surface area contributed by atoms with E-state index in [-0.39, 0.29) is 0 Å². The fourth-order valence-corrected chi connectivity index (χ4v) is 2.91. The van der Waals surface area contributed by atoms with Gasteiger partial charge in [0.15, 0.2) is 0 Å². The van der Waals surface area contributed by atoms with Crippen LogP contribution in [0.1, 0.15) is 64.0 Å². The first kappa shape index (κ1) is 18.7. The third-order valence-corrected chi connectivity index (χ3v) is 4.15. The van der Waals surface area contributed by atoms with Gasteiger partial charge in [-0.05, 0) is 36.4 Å². The Morgan fingerprint density at radius 1 is 1.23 bits per heavy atom. The predicted octanol–water partition coefficient (Wildman–Crippen LogP) is 3.94. The lowest BCUT2D eigenvalue weighted by Crippen LogP contribution is -2.37. The molecule has 3 nitrogen and oxygen atoms in total. The van der Waals surface area contributed by atoms with Crippen LogP contribution in [0.4, 0.5) is 0 Å². The first-order chi connectivity index (χ1) is 10.7. The Balaban J connectivity index is 0.00000116. The van der Waals surface area contributed by atoms with Crippen molar-refractivity contribution in [3.8, 4) is 0 Å².